The van der Waals surface area contributed by atoms with Crippen LogP contribution in [-0.2, 0) is 22.3 Å². The lowest BCUT2D eigenvalue weighted by Crippen LogP contribution is -2.29. The van der Waals surface area contributed by atoms with Crippen LogP contribution in [-0.4, -0.2) is 33.8 Å². The second kappa shape index (κ2) is 9.83. The number of halogens is 5. The van der Waals surface area contributed by atoms with Crippen LogP contribution in [0.1, 0.15) is 28.3 Å². The van der Waals surface area contributed by atoms with Crippen LogP contribution in [0.5, 0.6) is 5.75 Å². The number of carbonyl (C=O) groups is 2. The molecular formula is C25H17Cl2F3N2O4. The average molecular weight is 537 g/mol. The van der Waals surface area contributed by atoms with Crippen LogP contribution >= 0.6 is 23.2 Å². The smallest absolute Gasteiger partial charge is 0.416 e. The molecule has 1 atom stereocenters. The molecule has 4 rings (SSSR count). The van der Waals surface area contributed by atoms with Gasteiger partial charge < -0.3 is 14.7 Å². The molecule has 36 heavy (non-hydrogen) atoms. The van der Waals surface area contributed by atoms with E-state index in [2.05, 4.69) is 4.98 Å². The number of carbonyl (C=O) groups excluding carboxylic acids is 2. The summed E-state index contributed by atoms with van der Waals surface area (Å²) >= 11 is 12.4. The van der Waals surface area contributed by atoms with Gasteiger partial charge in [0.2, 0.25) is 0 Å². The number of aromatic nitrogens is 1. The number of likely N-dealkylation sites (tertiary alicyclic amines) is 1. The molecule has 1 amide bonds. The predicted octanol–water partition coefficient (Wildman–Crippen LogP) is 6.04. The van der Waals surface area contributed by atoms with E-state index in [9.17, 15) is 27.9 Å². The Morgan fingerprint density at radius 3 is 2.39 bits per heavy atom. The minimum absolute atomic E-state index is 0.0526. The van der Waals surface area contributed by atoms with Crippen LogP contribution in [0.3, 0.4) is 0 Å². The summed E-state index contributed by atoms with van der Waals surface area (Å²) in [6, 6.07) is 9.12. The highest BCUT2D eigenvalue weighted by Gasteiger charge is 2.46. The molecule has 2 heterocycles. The van der Waals surface area contributed by atoms with E-state index in [4.69, 9.17) is 27.9 Å². The highest BCUT2D eigenvalue weighted by Crippen LogP contribution is 2.42. The number of ether oxygens (including phenoxy) is 1. The minimum atomic E-state index is -4.58. The fraction of sp³-hybridized carbons (Fsp3) is 0.160. The Labute approximate surface area is 213 Å². The number of benzene rings is 2. The Bertz CT molecular complexity index is 1350. The molecule has 2 aromatic carbocycles. The van der Waals surface area contributed by atoms with Gasteiger partial charge in [0.25, 0.3) is 11.7 Å². The molecule has 0 aliphatic carbocycles. The van der Waals surface area contributed by atoms with Crippen LogP contribution in [0.15, 0.2) is 66.5 Å². The monoisotopic (exact) mass is 536 g/mol. The second-order valence-corrected chi connectivity index (χ2v) is 8.70. The molecule has 0 saturated carbocycles. The number of amides is 1. The Morgan fingerprint density at radius 2 is 1.81 bits per heavy atom. The Morgan fingerprint density at radius 1 is 1.11 bits per heavy atom. The van der Waals surface area contributed by atoms with E-state index < -0.39 is 35.2 Å². The fourth-order valence-electron chi connectivity index (χ4n) is 4.02. The number of alkyl halides is 3. The standard InChI is InChI=1S/C25H17Cl2F3N2O4/c1-36-23-17(26)9-15(10-18(23)27)21(33)19-20(14-5-3-7-31-11-14)32(24(35)22(19)34)12-13-4-2-6-16(8-13)25(28,29)30/h2-11,20,33H,12H2,1H3/b21-19+. The summed E-state index contributed by atoms with van der Waals surface area (Å²) in [5, 5.41) is 11.3. The van der Waals surface area contributed by atoms with E-state index >= 15 is 0 Å². The lowest BCUT2D eigenvalue weighted by molar-refractivity contribution is -0.140. The van der Waals surface area contributed by atoms with Crippen LogP contribution in [0.25, 0.3) is 5.76 Å². The lowest BCUT2D eigenvalue weighted by atomic mass is 9.96. The molecule has 186 valence electrons. The number of Topliss-reactive ketones (excluding diaryl/α,β-unsaturated/α-hetero) is 1. The van der Waals surface area contributed by atoms with Crippen molar-refractivity contribution < 1.29 is 32.6 Å². The highest BCUT2D eigenvalue weighted by atomic mass is 35.5. The number of hydrogen-bond acceptors (Lipinski definition) is 5. The van der Waals surface area contributed by atoms with Gasteiger partial charge in [-0.1, -0.05) is 41.4 Å². The number of ketones is 1. The number of hydrogen-bond donors (Lipinski definition) is 1. The zero-order chi connectivity index (χ0) is 26.2. The quantitative estimate of drug-likeness (QED) is 0.244. The number of rotatable bonds is 5. The molecule has 1 aliphatic heterocycles. The van der Waals surface area contributed by atoms with Gasteiger partial charge in [0.15, 0.2) is 5.75 Å². The summed E-state index contributed by atoms with van der Waals surface area (Å²) < 4.78 is 44.8. The molecule has 3 aromatic rings. The molecule has 1 aromatic heterocycles. The summed E-state index contributed by atoms with van der Waals surface area (Å²) in [7, 11) is 1.36. The third-order valence-corrected chi connectivity index (χ3v) is 6.18. The van der Waals surface area contributed by atoms with Gasteiger partial charge in [0, 0.05) is 24.5 Å². The number of aliphatic hydroxyl groups is 1. The van der Waals surface area contributed by atoms with Gasteiger partial charge in [0.1, 0.15) is 5.76 Å². The summed E-state index contributed by atoms with van der Waals surface area (Å²) in [6.45, 7) is -0.324. The first kappa shape index (κ1) is 25.5. The van der Waals surface area contributed by atoms with Gasteiger partial charge in [0.05, 0.1) is 34.3 Å². The highest BCUT2D eigenvalue weighted by molar-refractivity contribution is 6.46. The zero-order valence-electron chi connectivity index (χ0n) is 18.5. The third kappa shape index (κ3) is 4.76. The van der Waals surface area contributed by atoms with E-state index in [-0.39, 0.29) is 39.0 Å². The van der Waals surface area contributed by atoms with Crippen molar-refractivity contribution in [2.24, 2.45) is 0 Å². The maximum absolute atomic E-state index is 13.2. The number of nitrogens with zero attached hydrogens (tertiary/aromatic N) is 2. The molecule has 1 N–H and O–H groups in total. The van der Waals surface area contributed by atoms with Gasteiger partial charge in [-0.25, -0.2) is 0 Å². The molecule has 11 heteroatoms. The van der Waals surface area contributed by atoms with E-state index in [0.717, 1.165) is 17.0 Å². The lowest BCUT2D eigenvalue weighted by Gasteiger charge is -2.25. The maximum Gasteiger partial charge on any atom is 0.416 e. The normalized spacial score (nSPS) is 17.5. The molecule has 1 unspecified atom stereocenters. The molecule has 0 radical (unpaired) electrons. The minimum Gasteiger partial charge on any atom is -0.507 e. The summed E-state index contributed by atoms with van der Waals surface area (Å²) in [6.07, 6.45) is -1.71. The fourth-order valence-corrected chi connectivity index (χ4v) is 4.66. The van der Waals surface area contributed by atoms with Crippen molar-refractivity contribution in [2.75, 3.05) is 7.11 Å². The van der Waals surface area contributed by atoms with Crippen molar-refractivity contribution in [2.45, 2.75) is 18.8 Å². The van der Waals surface area contributed by atoms with Crippen molar-refractivity contribution in [1.82, 2.24) is 9.88 Å². The van der Waals surface area contributed by atoms with Crippen molar-refractivity contribution in [3.8, 4) is 5.75 Å². The molecule has 0 spiro atoms. The Hall–Kier alpha value is -3.56. The Kier molecular flexibility index (Phi) is 6.97. The van der Waals surface area contributed by atoms with E-state index in [1.54, 1.807) is 12.1 Å². The molecular weight excluding hydrogens is 520 g/mol. The van der Waals surface area contributed by atoms with Crippen molar-refractivity contribution in [3.63, 3.8) is 0 Å². The van der Waals surface area contributed by atoms with Gasteiger partial charge >= 0.3 is 6.18 Å². The SMILES string of the molecule is COc1c(Cl)cc(/C(O)=C2\C(=O)C(=O)N(Cc3cccc(C(F)(F)F)c3)C2c2cccnc2)cc1Cl. The van der Waals surface area contributed by atoms with Crippen molar-refractivity contribution >= 4 is 40.7 Å². The summed E-state index contributed by atoms with van der Waals surface area (Å²) in [5.74, 6) is -2.41. The maximum atomic E-state index is 13.2. The second-order valence-electron chi connectivity index (χ2n) is 7.88. The number of aliphatic hydroxyl groups excluding tert-OH is 1. The topological polar surface area (TPSA) is 79.7 Å². The van der Waals surface area contributed by atoms with E-state index in [1.165, 1.54) is 43.8 Å². The Balaban J connectivity index is 1.85. The van der Waals surface area contributed by atoms with Gasteiger partial charge in [-0.2, -0.15) is 13.2 Å². The van der Waals surface area contributed by atoms with Crippen molar-refractivity contribution in [1.29, 1.82) is 0 Å². The van der Waals surface area contributed by atoms with Crippen LogP contribution in [0, 0.1) is 0 Å². The predicted molar refractivity (Wildman–Crippen MR) is 127 cm³/mol. The number of pyridine rings is 1. The third-order valence-electron chi connectivity index (χ3n) is 5.62. The molecule has 1 fully saturated rings. The first-order valence-electron chi connectivity index (χ1n) is 10.4. The molecule has 6 nitrogen and oxygen atoms in total. The zero-order valence-corrected chi connectivity index (χ0v) is 20.0. The first-order chi connectivity index (χ1) is 17.0. The largest absolute Gasteiger partial charge is 0.507 e. The van der Waals surface area contributed by atoms with Gasteiger partial charge in [-0.15, -0.1) is 0 Å². The van der Waals surface area contributed by atoms with Gasteiger partial charge in [-0.05, 0) is 41.5 Å². The van der Waals surface area contributed by atoms with Gasteiger partial charge in [-0.3, -0.25) is 14.6 Å². The van der Waals surface area contributed by atoms with Crippen LogP contribution < -0.4 is 4.74 Å². The molecule has 1 aliphatic rings. The van der Waals surface area contributed by atoms with Crippen LogP contribution in [0.2, 0.25) is 10.0 Å². The van der Waals surface area contributed by atoms with Crippen molar-refractivity contribution in [3.05, 3.63) is 98.8 Å². The first-order valence-corrected chi connectivity index (χ1v) is 11.2. The van der Waals surface area contributed by atoms with E-state index in [0.29, 0.717) is 5.56 Å². The molecule has 1 saturated heterocycles. The molecule has 0 bridgehead atoms. The number of methoxy groups -OCH3 is 1. The average Bonchev–Trinajstić information content (AvgIpc) is 3.08. The van der Waals surface area contributed by atoms with E-state index in [1.807, 2.05) is 0 Å². The van der Waals surface area contributed by atoms with Crippen LogP contribution in [0.4, 0.5) is 13.2 Å². The summed E-state index contributed by atoms with van der Waals surface area (Å²) in [4.78, 5) is 31.3. The summed E-state index contributed by atoms with van der Waals surface area (Å²) in [5.41, 5.74) is -0.599.